The Morgan fingerprint density at radius 2 is 2.06 bits per heavy atom. The minimum absolute atomic E-state index is 0.0372. The Labute approximate surface area is 115 Å². The molecule has 18 heavy (non-hydrogen) atoms. The molecule has 0 saturated heterocycles. The maximum absolute atomic E-state index is 6.24. The Morgan fingerprint density at radius 1 is 1.33 bits per heavy atom. The minimum atomic E-state index is -0.0372. The fourth-order valence-corrected chi connectivity index (χ4v) is 3.35. The summed E-state index contributed by atoms with van der Waals surface area (Å²) in [5, 5.41) is 8.08. The van der Waals surface area contributed by atoms with Gasteiger partial charge in [-0.05, 0) is 17.7 Å². The molecule has 1 aromatic heterocycles. The molecule has 0 aliphatic carbocycles. The highest BCUT2D eigenvalue weighted by atomic mass is 32.2. The van der Waals surface area contributed by atoms with Crippen LogP contribution in [0.4, 0.5) is 0 Å². The van der Waals surface area contributed by atoms with Crippen molar-refractivity contribution in [3.8, 4) is 5.75 Å². The standard InChI is InChI=1S/C12H15N3OS2/c1-8(18-12-15-14-7-17-12)11(13)9-3-5-10(16-2)6-4-9/h3-8,11H,13H2,1-2H3. The van der Waals surface area contributed by atoms with E-state index in [-0.39, 0.29) is 11.3 Å². The third-order valence-electron chi connectivity index (χ3n) is 2.63. The number of benzene rings is 1. The van der Waals surface area contributed by atoms with Crippen LogP contribution in [0.1, 0.15) is 18.5 Å². The molecule has 2 N–H and O–H groups in total. The van der Waals surface area contributed by atoms with Gasteiger partial charge in [0.25, 0.3) is 0 Å². The lowest BCUT2D eigenvalue weighted by molar-refractivity contribution is 0.414. The van der Waals surface area contributed by atoms with E-state index >= 15 is 0 Å². The predicted octanol–water partition coefficient (Wildman–Crippen LogP) is 2.73. The second-order valence-electron chi connectivity index (χ2n) is 3.83. The van der Waals surface area contributed by atoms with E-state index in [9.17, 15) is 0 Å². The van der Waals surface area contributed by atoms with Gasteiger partial charge in [-0.1, -0.05) is 42.2 Å². The molecule has 4 nitrogen and oxygen atoms in total. The zero-order chi connectivity index (χ0) is 13.0. The van der Waals surface area contributed by atoms with Crippen LogP contribution >= 0.6 is 23.1 Å². The van der Waals surface area contributed by atoms with Crippen molar-refractivity contribution in [1.29, 1.82) is 0 Å². The van der Waals surface area contributed by atoms with Crippen molar-refractivity contribution in [3.63, 3.8) is 0 Å². The highest BCUT2D eigenvalue weighted by Gasteiger charge is 2.17. The molecular weight excluding hydrogens is 266 g/mol. The van der Waals surface area contributed by atoms with Gasteiger partial charge in [0.15, 0.2) is 4.34 Å². The van der Waals surface area contributed by atoms with Crippen LogP contribution in [0.25, 0.3) is 0 Å². The van der Waals surface area contributed by atoms with Gasteiger partial charge in [-0.15, -0.1) is 10.2 Å². The molecule has 0 aliphatic heterocycles. The van der Waals surface area contributed by atoms with Crippen molar-refractivity contribution in [1.82, 2.24) is 10.2 Å². The average molecular weight is 281 g/mol. The van der Waals surface area contributed by atoms with Gasteiger partial charge in [0.1, 0.15) is 11.3 Å². The van der Waals surface area contributed by atoms with Gasteiger partial charge in [0.05, 0.1) is 7.11 Å². The first-order valence-corrected chi connectivity index (χ1v) is 7.29. The predicted molar refractivity (Wildman–Crippen MR) is 75.2 cm³/mol. The molecule has 0 spiro atoms. The molecule has 0 radical (unpaired) electrons. The Morgan fingerprint density at radius 3 is 2.61 bits per heavy atom. The molecule has 2 unspecified atom stereocenters. The minimum Gasteiger partial charge on any atom is -0.497 e. The molecule has 0 saturated carbocycles. The molecule has 0 amide bonds. The number of rotatable bonds is 5. The van der Waals surface area contributed by atoms with Gasteiger partial charge < -0.3 is 10.5 Å². The number of aromatic nitrogens is 2. The molecule has 2 rings (SSSR count). The average Bonchev–Trinajstić information content (AvgIpc) is 2.91. The largest absolute Gasteiger partial charge is 0.497 e. The fourth-order valence-electron chi connectivity index (χ4n) is 1.54. The number of methoxy groups -OCH3 is 1. The van der Waals surface area contributed by atoms with E-state index in [1.165, 1.54) is 11.3 Å². The molecule has 0 fully saturated rings. The summed E-state index contributed by atoms with van der Waals surface area (Å²) < 4.78 is 6.08. The van der Waals surface area contributed by atoms with Crippen LogP contribution in [0.3, 0.4) is 0 Å². The van der Waals surface area contributed by atoms with Crippen LogP contribution in [-0.4, -0.2) is 22.6 Å². The Balaban J connectivity index is 2.02. The third-order valence-corrected chi connectivity index (χ3v) is 4.64. The second-order valence-corrected chi connectivity index (χ2v) is 6.28. The van der Waals surface area contributed by atoms with Crippen LogP contribution in [0, 0.1) is 0 Å². The summed E-state index contributed by atoms with van der Waals surface area (Å²) in [7, 11) is 1.66. The second kappa shape index (κ2) is 6.17. The Bertz CT molecular complexity index is 473. The lowest BCUT2D eigenvalue weighted by atomic mass is 10.1. The summed E-state index contributed by atoms with van der Waals surface area (Å²) >= 11 is 3.19. The molecule has 96 valence electrons. The van der Waals surface area contributed by atoms with Crippen molar-refractivity contribution in [2.75, 3.05) is 7.11 Å². The highest BCUT2D eigenvalue weighted by Crippen LogP contribution is 2.31. The maximum Gasteiger partial charge on any atom is 0.174 e. The van der Waals surface area contributed by atoms with Crippen LogP contribution in [0.2, 0.25) is 0 Å². The number of nitrogens with two attached hydrogens (primary N) is 1. The molecule has 1 aromatic carbocycles. The molecular formula is C12H15N3OS2. The van der Waals surface area contributed by atoms with Crippen LogP contribution in [0.5, 0.6) is 5.75 Å². The topological polar surface area (TPSA) is 61.0 Å². The van der Waals surface area contributed by atoms with E-state index in [0.717, 1.165) is 15.7 Å². The van der Waals surface area contributed by atoms with E-state index in [0.29, 0.717) is 0 Å². The summed E-state index contributed by atoms with van der Waals surface area (Å²) in [5.74, 6) is 0.843. The van der Waals surface area contributed by atoms with E-state index in [1.807, 2.05) is 24.3 Å². The van der Waals surface area contributed by atoms with E-state index in [4.69, 9.17) is 10.5 Å². The van der Waals surface area contributed by atoms with Crippen LogP contribution < -0.4 is 10.5 Å². The van der Waals surface area contributed by atoms with Crippen molar-refractivity contribution in [3.05, 3.63) is 35.3 Å². The summed E-state index contributed by atoms with van der Waals surface area (Å²) in [6.07, 6.45) is 0. The van der Waals surface area contributed by atoms with E-state index in [1.54, 1.807) is 24.4 Å². The van der Waals surface area contributed by atoms with Crippen molar-refractivity contribution < 1.29 is 4.74 Å². The van der Waals surface area contributed by atoms with Crippen molar-refractivity contribution >= 4 is 23.1 Å². The zero-order valence-electron chi connectivity index (χ0n) is 10.2. The Hall–Kier alpha value is -1.11. The molecule has 2 atom stereocenters. The maximum atomic E-state index is 6.24. The summed E-state index contributed by atoms with van der Waals surface area (Å²) in [6.45, 7) is 2.10. The fraction of sp³-hybridized carbons (Fsp3) is 0.333. The van der Waals surface area contributed by atoms with Crippen LogP contribution in [-0.2, 0) is 0 Å². The molecule has 2 aromatic rings. The van der Waals surface area contributed by atoms with Crippen LogP contribution in [0.15, 0.2) is 34.1 Å². The highest BCUT2D eigenvalue weighted by molar-refractivity contribution is 8.01. The first-order chi connectivity index (χ1) is 8.70. The first-order valence-electron chi connectivity index (χ1n) is 5.53. The zero-order valence-corrected chi connectivity index (χ0v) is 11.9. The molecule has 1 heterocycles. The van der Waals surface area contributed by atoms with E-state index in [2.05, 4.69) is 17.1 Å². The van der Waals surface area contributed by atoms with Gasteiger partial charge in [-0.25, -0.2) is 0 Å². The monoisotopic (exact) mass is 281 g/mol. The first kappa shape index (κ1) is 13.3. The number of hydrogen-bond donors (Lipinski definition) is 1. The lowest BCUT2D eigenvalue weighted by Gasteiger charge is -2.18. The normalized spacial score (nSPS) is 14.2. The van der Waals surface area contributed by atoms with Gasteiger partial charge >= 0.3 is 0 Å². The Kier molecular flexibility index (Phi) is 4.57. The van der Waals surface area contributed by atoms with Crippen molar-refractivity contribution in [2.24, 2.45) is 5.73 Å². The van der Waals surface area contributed by atoms with Gasteiger partial charge in [-0.2, -0.15) is 0 Å². The summed E-state index contributed by atoms with van der Waals surface area (Å²) in [6, 6.07) is 7.82. The molecule has 6 heteroatoms. The molecule has 0 aliphatic rings. The quantitative estimate of drug-likeness (QED) is 0.854. The third kappa shape index (κ3) is 3.22. The number of nitrogens with zero attached hydrogens (tertiary/aromatic N) is 2. The smallest absolute Gasteiger partial charge is 0.174 e. The summed E-state index contributed by atoms with van der Waals surface area (Å²) in [4.78, 5) is 0. The lowest BCUT2D eigenvalue weighted by Crippen LogP contribution is -2.20. The number of ether oxygens (including phenoxy) is 1. The van der Waals surface area contributed by atoms with Gasteiger partial charge in [0, 0.05) is 11.3 Å². The molecule has 0 bridgehead atoms. The SMILES string of the molecule is COc1ccc(C(N)C(C)Sc2nncs2)cc1. The van der Waals surface area contributed by atoms with Crippen molar-refractivity contribution in [2.45, 2.75) is 22.6 Å². The summed E-state index contributed by atoms with van der Waals surface area (Å²) in [5.41, 5.74) is 9.07. The van der Waals surface area contributed by atoms with E-state index < -0.39 is 0 Å². The van der Waals surface area contributed by atoms with Gasteiger partial charge in [-0.3, -0.25) is 0 Å². The van der Waals surface area contributed by atoms with Gasteiger partial charge in [0.2, 0.25) is 0 Å². The number of hydrogen-bond acceptors (Lipinski definition) is 6. The number of thioether (sulfide) groups is 1.